The van der Waals surface area contributed by atoms with E-state index < -0.39 is 40.2 Å². The standard InChI is InChI=1S/C28H30Cl2FN3O4S/c1-19(2)32-28(36)25(16-20-10-5-4-6-11-20)33(17-21-12-7-8-14-23(21)31)26(35)18-34(39(3,37)38)24-15-9-13-22(29)27(24)30/h4-15,19,25H,16-18H2,1-3H3,(H,32,36). The number of carbonyl (C=O) groups excluding carboxylic acids is 2. The fourth-order valence-electron chi connectivity index (χ4n) is 4.02. The highest BCUT2D eigenvalue weighted by molar-refractivity contribution is 7.92. The second kappa shape index (κ2) is 13.3. The first-order valence-corrected chi connectivity index (χ1v) is 14.8. The summed E-state index contributed by atoms with van der Waals surface area (Å²) in [5.74, 6) is -1.74. The number of hydrogen-bond donors (Lipinski definition) is 1. The summed E-state index contributed by atoms with van der Waals surface area (Å²) in [7, 11) is -4.02. The van der Waals surface area contributed by atoms with Crippen LogP contribution in [-0.2, 0) is 32.6 Å². The lowest BCUT2D eigenvalue weighted by molar-refractivity contribution is -0.140. The Morgan fingerprint density at radius 1 is 0.949 bits per heavy atom. The van der Waals surface area contributed by atoms with E-state index in [4.69, 9.17) is 23.2 Å². The highest BCUT2D eigenvalue weighted by Gasteiger charge is 2.34. The lowest BCUT2D eigenvalue weighted by Gasteiger charge is -2.34. The van der Waals surface area contributed by atoms with Gasteiger partial charge in [0.25, 0.3) is 0 Å². The van der Waals surface area contributed by atoms with Gasteiger partial charge in [-0.05, 0) is 37.6 Å². The molecule has 0 spiro atoms. The summed E-state index contributed by atoms with van der Waals surface area (Å²) in [5, 5.41) is 2.90. The molecule has 3 aromatic carbocycles. The van der Waals surface area contributed by atoms with Crippen LogP contribution in [0.15, 0.2) is 72.8 Å². The second-order valence-electron chi connectivity index (χ2n) is 9.32. The number of nitrogens with one attached hydrogen (secondary N) is 1. The molecule has 0 aliphatic heterocycles. The minimum absolute atomic E-state index is 0.0112. The van der Waals surface area contributed by atoms with Crippen LogP contribution in [0.25, 0.3) is 0 Å². The van der Waals surface area contributed by atoms with Gasteiger partial charge >= 0.3 is 0 Å². The van der Waals surface area contributed by atoms with Gasteiger partial charge in [-0.25, -0.2) is 12.8 Å². The average molecular weight is 595 g/mol. The van der Waals surface area contributed by atoms with Crippen LogP contribution in [0.2, 0.25) is 10.0 Å². The maximum absolute atomic E-state index is 14.8. The predicted octanol–water partition coefficient (Wildman–Crippen LogP) is 5.06. The number of sulfonamides is 1. The quantitative estimate of drug-likeness (QED) is 0.336. The first kappa shape index (κ1) is 30.4. The molecule has 0 aliphatic carbocycles. The first-order valence-electron chi connectivity index (χ1n) is 12.2. The van der Waals surface area contributed by atoms with Crippen LogP contribution in [0.5, 0.6) is 0 Å². The van der Waals surface area contributed by atoms with Gasteiger partial charge in [0.15, 0.2) is 0 Å². The molecule has 0 heterocycles. The molecule has 3 rings (SSSR count). The molecule has 1 unspecified atom stereocenters. The Bertz CT molecular complexity index is 1420. The Labute approximate surface area is 238 Å². The second-order valence-corrected chi connectivity index (χ2v) is 12.0. The molecule has 1 atom stereocenters. The molecule has 7 nitrogen and oxygen atoms in total. The summed E-state index contributed by atoms with van der Waals surface area (Å²) in [5.41, 5.74) is 0.954. The van der Waals surface area contributed by atoms with Crippen LogP contribution in [-0.4, -0.2) is 50.0 Å². The molecule has 0 bridgehead atoms. The number of halogens is 3. The summed E-state index contributed by atoms with van der Waals surface area (Å²) in [6.45, 7) is 2.61. The highest BCUT2D eigenvalue weighted by Crippen LogP contribution is 2.34. The Balaban J connectivity index is 2.09. The van der Waals surface area contributed by atoms with E-state index >= 15 is 0 Å². The molecular weight excluding hydrogens is 564 g/mol. The third-order valence-corrected chi connectivity index (χ3v) is 7.82. The number of amides is 2. The number of hydrogen-bond acceptors (Lipinski definition) is 4. The van der Waals surface area contributed by atoms with Crippen LogP contribution in [0.1, 0.15) is 25.0 Å². The van der Waals surface area contributed by atoms with Crippen molar-refractivity contribution in [2.45, 2.75) is 38.9 Å². The maximum Gasteiger partial charge on any atom is 0.244 e. The first-order chi connectivity index (χ1) is 18.4. The van der Waals surface area contributed by atoms with E-state index in [-0.39, 0.29) is 40.3 Å². The number of rotatable bonds is 11. The lowest BCUT2D eigenvalue weighted by atomic mass is 10.0. The molecule has 0 radical (unpaired) electrons. The third kappa shape index (κ3) is 8.17. The van der Waals surface area contributed by atoms with Gasteiger partial charge in [-0.15, -0.1) is 0 Å². The Kier molecular flexibility index (Phi) is 10.4. The molecular formula is C28H30Cl2FN3O4S. The monoisotopic (exact) mass is 593 g/mol. The minimum Gasteiger partial charge on any atom is -0.352 e. The Morgan fingerprint density at radius 3 is 2.21 bits per heavy atom. The number of nitrogens with zero attached hydrogens (tertiary/aromatic N) is 2. The molecule has 3 aromatic rings. The largest absolute Gasteiger partial charge is 0.352 e. The average Bonchev–Trinajstić information content (AvgIpc) is 2.87. The van der Waals surface area contributed by atoms with E-state index in [2.05, 4.69) is 5.32 Å². The molecule has 0 aromatic heterocycles. The smallest absolute Gasteiger partial charge is 0.244 e. The van der Waals surface area contributed by atoms with Crippen molar-refractivity contribution >= 4 is 50.7 Å². The highest BCUT2D eigenvalue weighted by atomic mass is 35.5. The number of benzene rings is 3. The summed E-state index contributed by atoms with van der Waals surface area (Å²) in [4.78, 5) is 28.6. The zero-order valence-electron chi connectivity index (χ0n) is 21.8. The van der Waals surface area contributed by atoms with Crippen molar-refractivity contribution in [2.24, 2.45) is 0 Å². The topological polar surface area (TPSA) is 86.8 Å². The molecule has 0 saturated carbocycles. The Morgan fingerprint density at radius 2 is 1.59 bits per heavy atom. The van der Waals surface area contributed by atoms with Crippen molar-refractivity contribution in [3.8, 4) is 0 Å². The van der Waals surface area contributed by atoms with Crippen molar-refractivity contribution in [1.29, 1.82) is 0 Å². The van der Waals surface area contributed by atoms with Gasteiger partial charge in [0.2, 0.25) is 21.8 Å². The zero-order chi connectivity index (χ0) is 28.7. The van der Waals surface area contributed by atoms with E-state index in [1.54, 1.807) is 19.9 Å². The third-order valence-electron chi connectivity index (χ3n) is 5.88. The van der Waals surface area contributed by atoms with Gasteiger partial charge in [0.05, 0.1) is 22.0 Å². The molecule has 2 amide bonds. The zero-order valence-corrected chi connectivity index (χ0v) is 24.1. The molecule has 0 fully saturated rings. The van der Waals surface area contributed by atoms with Crippen molar-refractivity contribution in [1.82, 2.24) is 10.2 Å². The van der Waals surface area contributed by atoms with Crippen LogP contribution in [0.3, 0.4) is 0 Å². The normalized spacial score (nSPS) is 12.2. The molecule has 0 aliphatic rings. The molecule has 11 heteroatoms. The van der Waals surface area contributed by atoms with Crippen LogP contribution in [0, 0.1) is 5.82 Å². The molecule has 0 saturated heterocycles. The van der Waals surface area contributed by atoms with E-state index in [0.29, 0.717) is 0 Å². The van der Waals surface area contributed by atoms with Gasteiger partial charge in [0.1, 0.15) is 18.4 Å². The van der Waals surface area contributed by atoms with Crippen molar-refractivity contribution in [3.63, 3.8) is 0 Å². The van der Waals surface area contributed by atoms with Crippen LogP contribution >= 0.6 is 23.2 Å². The van der Waals surface area contributed by atoms with Crippen LogP contribution < -0.4 is 9.62 Å². The fraction of sp³-hybridized carbons (Fsp3) is 0.286. The molecule has 208 valence electrons. The summed E-state index contributed by atoms with van der Waals surface area (Å²) in [6, 6.07) is 18.1. The van der Waals surface area contributed by atoms with E-state index in [1.165, 1.54) is 41.3 Å². The summed E-state index contributed by atoms with van der Waals surface area (Å²) in [6.07, 6.45) is 1.06. The lowest BCUT2D eigenvalue weighted by Crippen LogP contribution is -2.54. The van der Waals surface area contributed by atoms with Crippen molar-refractivity contribution in [2.75, 3.05) is 17.1 Å². The van der Waals surface area contributed by atoms with E-state index in [9.17, 15) is 22.4 Å². The summed E-state index contributed by atoms with van der Waals surface area (Å²) < 4.78 is 41.2. The minimum atomic E-state index is -4.02. The van der Waals surface area contributed by atoms with E-state index in [1.807, 2.05) is 30.3 Å². The predicted molar refractivity (Wildman–Crippen MR) is 153 cm³/mol. The SMILES string of the molecule is CC(C)NC(=O)C(Cc1ccccc1)N(Cc1ccccc1F)C(=O)CN(c1cccc(Cl)c1Cl)S(C)(=O)=O. The van der Waals surface area contributed by atoms with Crippen molar-refractivity contribution in [3.05, 3.63) is 99.8 Å². The molecule has 1 N–H and O–H groups in total. The van der Waals surface area contributed by atoms with Crippen LogP contribution in [0.4, 0.5) is 10.1 Å². The number of anilines is 1. The van der Waals surface area contributed by atoms with Gasteiger partial charge in [-0.1, -0.05) is 77.8 Å². The van der Waals surface area contributed by atoms with Gasteiger partial charge in [-0.3, -0.25) is 13.9 Å². The van der Waals surface area contributed by atoms with Gasteiger partial charge in [0, 0.05) is 24.6 Å². The number of carbonyl (C=O) groups is 2. The van der Waals surface area contributed by atoms with E-state index in [0.717, 1.165) is 16.1 Å². The van der Waals surface area contributed by atoms with Gasteiger partial charge < -0.3 is 10.2 Å². The Hall–Kier alpha value is -3.14. The molecule has 39 heavy (non-hydrogen) atoms. The maximum atomic E-state index is 14.8. The fourth-order valence-corrected chi connectivity index (χ4v) is 5.33. The summed E-state index contributed by atoms with van der Waals surface area (Å²) >= 11 is 12.4. The van der Waals surface area contributed by atoms with Crippen molar-refractivity contribution < 1.29 is 22.4 Å². The van der Waals surface area contributed by atoms with Gasteiger partial charge in [-0.2, -0.15) is 0 Å².